The van der Waals surface area contributed by atoms with Crippen LogP contribution in [0.15, 0.2) is 51.9 Å². The number of hydrogen-bond acceptors (Lipinski definition) is 4. The zero-order valence-electron chi connectivity index (χ0n) is 16.4. The van der Waals surface area contributed by atoms with Crippen molar-refractivity contribution in [2.75, 3.05) is 23.9 Å². The first kappa shape index (κ1) is 24.4. The molecule has 0 aliphatic carbocycles. The first-order chi connectivity index (χ1) is 14.7. The minimum Gasteiger partial charge on any atom is -0.444 e. The van der Waals surface area contributed by atoms with Gasteiger partial charge in [0.1, 0.15) is 6.61 Å². The Labute approximate surface area is 201 Å². The van der Waals surface area contributed by atoms with Crippen molar-refractivity contribution >= 4 is 68.2 Å². The van der Waals surface area contributed by atoms with Crippen LogP contribution in [0.25, 0.3) is 0 Å². The summed E-state index contributed by atoms with van der Waals surface area (Å²) < 4.78 is 32.7. The van der Waals surface area contributed by atoms with Crippen LogP contribution in [-0.2, 0) is 21.4 Å². The van der Waals surface area contributed by atoms with Crippen LogP contribution in [0.2, 0.25) is 5.02 Å². The number of nitrogens with zero attached hydrogens (tertiary/aromatic N) is 2. The van der Waals surface area contributed by atoms with Crippen LogP contribution in [0.1, 0.15) is 18.4 Å². The van der Waals surface area contributed by atoms with Crippen LogP contribution in [-0.4, -0.2) is 43.8 Å². The highest BCUT2D eigenvalue weighted by atomic mass is 35.5. The molecule has 0 unspecified atom stereocenters. The molecule has 0 N–H and O–H groups in total. The van der Waals surface area contributed by atoms with Gasteiger partial charge >= 0.3 is 6.09 Å². The van der Waals surface area contributed by atoms with Gasteiger partial charge in [0.05, 0.1) is 26.5 Å². The van der Waals surface area contributed by atoms with Gasteiger partial charge in [0.25, 0.3) is 0 Å². The number of alkyl halides is 1. The molecule has 1 amide bonds. The quantitative estimate of drug-likeness (QED) is 0.358. The lowest BCUT2D eigenvalue weighted by Crippen LogP contribution is -2.50. The van der Waals surface area contributed by atoms with Crippen LogP contribution >= 0.6 is 46.4 Å². The minimum absolute atomic E-state index is 0.0390. The number of carbonyl (C=O) groups is 1. The zero-order chi connectivity index (χ0) is 22.8. The van der Waals surface area contributed by atoms with Gasteiger partial charge in [-0.15, -0.1) is 11.6 Å². The van der Waals surface area contributed by atoms with Gasteiger partial charge in [0.15, 0.2) is 0 Å². The molecule has 11 heteroatoms. The fraction of sp³-hybridized carbons (Fsp3) is 0.350. The first-order valence-electron chi connectivity index (χ1n) is 9.37. The largest absolute Gasteiger partial charge is 0.444 e. The second-order valence-electron chi connectivity index (χ2n) is 6.98. The number of halogens is 4. The van der Waals surface area contributed by atoms with E-state index in [-0.39, 0.29) is 46.6 Å². The molecule has 1 saturated heterocycles. The third kappa shape index (κ3) is 5.24. The molecule has 168 valence electrons. The second kappa shape index (κ2) is 10.1. The number of amides is 1. The number of benzene rings is 1. The summed E-state index contributed by atoms with van der Waals surface area (Å²) in [5.74, 6) is -0.258. The molecule has 2 heterocycles. The lowest BCUT2D eigenvalue weighted by Gasteiger charge is -2.40. The highest BCUT2D eigenvalue weighted by Crippen LogP contribution is 2.34. The van der Waals surface area contributed by atoms with Crippen molar-refractivity contribution in [3.8, 4) is 0 Å². The number of cyclic esters (lactones) is 1. The van der Waals surface area contributed by atoms with E-state index in [2.05, 4.69) is 6.58 Å². The average Bonchev–Trinajstić information content (AvgIpc) is 2.76. The normalized spacial score (nSPS) is 19.5. The molecule has 2 aliphatic heterocycles. The summed E-state index contributed by atoms with van der Waals surface area (Å²) in [7, 11) is -3.85. The summed E-state index contributed by atoms with van der Waals surface area (Å²) in [6, 6.07) is 5.06. The molecule has 2 aliphatic rings. The molecule has 0 bridgehead atoms. The van der Waals surface area contributed by atoms with Crippen LogP contribution < -0.4 is 4.90 Å². The first-order valence-corrected chi connectivity index (χ1v) is 12.5. The maximum atomic E-state index is 13.0. The fourth-order valence-electron chi connectivity index (χ4n) is 3.55. The van der Waals surface area contributed by atoms with Crippen LogP contribution in [0.4, 0.5) is 10.5 Å². The number of ether oxygens (including phenoxy) is 1. The summed E-state index contributed by atoms with van der Waals surface area (Å²) in [4.78, 5) is 14.0. The molecule has 0 spiro atoms. The van der Waals surface area contributed by atoms with Crippen molar-refractivity contribution in [1.82, 2.24) is 4.31 Å². The van der Waals surface area contributed by atoms with Crippen LogP contribution in [0.5, 0.6) is 0 Å². The maximum Gasteiger partial charge on any atom is 0.414 e. The molecule has 1 aromatic carbocycles. The molecule has 0 radical (unpaired) electrons. The Morgan fingerprint density at radius 2 is 1.90 bits per heavy atom. The average molecular weight is 526 g/mol. The lowest BCUT2D eigenvalue weighted by atomic mass is 10.0. The molecule has 1 fully saturated rings. The number of rotatable bonds is 6. The fourth-order valence-corrected chi connectivity index (χ4v) is 6.00. The third-order valence-electron chi connectivity index (χ3n) is 5.14. The van der Waals surface area contributed by atoms with E-state index in [1.807, 2.05) is 0 Å². The SMILES string of the molecule is C=C/C(Cl)=C(Cl)\C=C(/CCl)S(=O)(=O)N1CCC(N2C(=O)OCc3cc(Cl)ccc32)CC1. The van der Waals surface area contributed by atoms with Gasteiger partial charge in [-0.05, 0) is 43.2 Å². The van der Waals surface area contributed by atoms with E-state index >= 15 is 0 Å². The summed E-state index contributed by atoms with van der Waals surface area (Å²) in [6.45, 7) is 4.08. The van der Waals surface area contributed by atoms with Crippen molar-refractivity contribution in [3.63, 3.8) is 0 Å². The number of piperidine rings is 1. The molecule has 6 nitrogen and oxygen atoms in total. The van der Waals surface area contributed by atoms with Gasteiger partial charge in [-0.1, -0.05) is 41.4 Å². The van der Waals surface area contributed by atoms with Crippen LogP contribution in [0.3, 0.4) is 0 Å². The second-order valence-corrected chi connectivity index (χ2v) is 10.5. The van der Waals surface area contributed by atoms with Gasteiger partial charge < -0.3 is 4.74 Å². The number of allylic oxidation sites excluding steroid dienone is 5. The number of carbonyl (C=O) groups excluding carboxylic acids is 1. The van der Waals surface area contributed by atoms with Gasteiger partial charge in [0.2, 0.25) is 10.0 Å². The van der Waals surface area contributed by atoms with Crippen molar-refractivity contribution in [3.05, 3.63) is 62.5 Å². The lowest BCUT2D eigenvalue weighted by molar-refractivity contribution is 0.136. The maximum absolute atomic E-state index is 13.0. The smallest absolute Gasteiger partial charge is 0.414 e. The Kier molecular flexibility index (Phi) is 8.00. The van der Waals surface area contributed by atoms with E-state index in [9.17, 15) is 13.2 Å². The topological polar surface area (TPSA) is 66.9 Å². The molecular formula is C20H20Cl4N2O4S. The van der Waals surface area contributed by atoms with E-state index in [0.717, 1.165) is 11.3 Å². The third-order valence-corrected chi connectivity index (χ3v) is 8.55. The predicted molar refractivity (Wildman–Crippen MR) is 125 cm³/mol. The van der Waals surface area contributed by atoms with Gasteiger partial charge in [-0.3, -0.25) is 4.90 Å². The molecule has 0 saturated carbocycles. The van der Waals surface area contributed by atoms with E-state index in [0.29, 0.717) is 17.9 Å². The Bertz CT molecular complexity index is 1050. The highest BCUT2D eigenvalue weighted by molar-refractivity contribution is 7.93. The molecule has 3 rings (SSSR count). The predicted octanol–water partition coefficient (Wildman–Crippen LogP) is 5.59. The number of hydrogen-bond donors (Lipinski definition) is 0. The van der Waals surface area contributed by atoms with Crippen molar-refractivity contribution in [1.29, 1.82) is 0 Å². The summed E-state index contributed by atoms with van der Waals surface area (Å²) in [5, 5.41) is 0.722. The van der Waals surface area contributed by atoms with Gasteiger partial charge in [-0.25, -0.2) is 13.2 Å². The number of fused-ring (bicyclic) bond motifs is 1. The van der Waals surface area contributed by atoms with Gasteiger partial charge in [-0.2, -0.15) is 4.31 Å². The Balaban J connectivity index is 1.78. The Hall–Kier alpha value is -1.22. The molecular weight excluding hydrogens is 506 g/mol. The van der Waals surface area contributed by atoms with E-state index in [1.165, 1.54) is 16.5 Å². The van der Waals surface area contributed by atoms with E-state index in [1.54, 1.807) is 23.1 Å². The minimum atomic E-state index is -3.85. The molecule has 1 aromatic rings. The van der Waals surface area contributed by atoms with Crippen molar-refractivity contribution < 1.29 is 17.9 Å². The molecule has 0 atom stereocenters. The van der Waals surface area contributed by atoms with Crippen molar-refractivity contribution in [2.24, 2.45) is 0 Å². The Morgan fingerprint density at radius 1 is 1.23 bits per heavy atom. The van der Waals surface area contributed by atoms with E-state index < -0.39 is 16.1 Å². The highest BCUT2D eigenvalue weighted by Gasteiger charge is 2.37. The monoisotopic (exact) mass is 524 g/mol. The molecule has 31 heavy (non-hydrogen) atoms. The summed E-state index contributed by atoms with van der Waals surface area (Å²) in [5.41, 5.74) is 1.55. The zero-order valence-corrected chi connectivity index (χ0v) is 20.2. The Morgan fingerprint density at radius 3 is 2.52 bits per heavy atom. The molecule has 0 aromatic heterocycles. The summed E-state index contributed by atoms with van der Waals surface area (Å²) >= 11 is 23.9. The standard InChI is InChI=1S/C20H20Cl4N2O4S/c1-2-17(23)18(24)10-16(11-21)31(28,29)25-7-5-15(6-8-25)26-19-4-3-14(22)9-13(19)12-30-20(26)27/h2-4,9-10,15H,1,5-8,11-12H2/b16-10+,18-17-. The van der Waals surface area contributed by atoms with Crippen LogP contribution in [0, 0.1) is 0 Å². The van der Waals surface area contributed by atoms with Gasteiger partial charge in [0, 0.05) is 29.7 Å². The number of anilines is 1. The van der Waals surface area contributed by atoms with E-state index in [4.69, 9.17) is 51.1 Å². The van der Waals surface area contributed by atoms with Crippen molar-refractivity contribution in [2.45, 2.75) is 25.5 Å². The summed E-state index contributed by atoms with van der Waals surface area (Å²) in [6.07, 6.45) is 2.97. The number of sulfonamides is 1.